The van der Waals surface area contributed by atoms with Crippen LogP contribution in [-0.4, -0.2) is 19.0 Å². The number of carbonyl (C=O) groups excluding carboxylic acids is 1. The Hall–Kier alpha value is -4.16. The summed E-state index contributed by atoms with van der Waals surface area (Å²) in [5.74, 6) is 0.00812. The Kier molecular flexibility index (Phi) is 6.21. The number of ether oxygens (including phenoxy) is 3. The summed E-state index contributed by atoms with van der Waals surface area (Å²) in [6.45, 7) is 0.111. The van der Waals surface area contributed by atoms with Gasteiger partial charge >= 0.3 is 5.97 Å². The molecular weight excluding hydrogens is 469 g/mol. The van der Waals surface area contributed by atoms with E-state index in [0.29, 0.717) is 28.2 Å². The average molecular weight is 488 g/mol. The summed E-state index contributed by atoms with van der Waals surface area (Å²) in [5, 5.41) is 2.38. The fourth-order valence-electron chi connectivity index (χ4n) is 3.76. The van der Waals surface area contributed by atoms with Crippen LogP contribution in [0.4, 0.5) is 4.39 Å². The van der Waals surface area contributed by atoms with Gasteiger partial charge in [0.15, 0.2) is 17.2 Å². The number of hydrogen-bond donors (Lipinski definition) is 0. The lowest BCUT2D eigenvalue weighted by Gasteiger charge is -2.13. The van der Waals surface area contributed by atoms with Crippen LogP contribution in [0.3, 0.4) is 0 Å². The molecule has 0 saturated carbocycles. The van der Waals surface area contributed by atoms with E-state index < -0.39 is 5.97 Å². The van der Waals surface area contributed by atoms with Crippen molar-refractivity contribution in [1.82, 2.24) is 0 Å². The molecule has 0 bridgehead atoms. The lowest BCUT2D eigenvalue weighted by Crippen LogP contribution is -2.05. The largest absolute Gasteiger partial charge is 0.493 e. The Morgan fingerprint density at radius 3 is 2.63 bits per heavy atom. The number of cyclic esters (lactones) is 1. The van der Waals surface area contributed by atoms with Crippen LogP contribution < -0.4 is 9.47 Å². The maximum Gasteiger partial charge on any atom is 0.363 e. The first-order chi connectivity index (χ1) is 17.0. The molecule has 1 aliphatic rings. The maximum atomic E-state index is 13.4. The van der Waals surface area contributed by atoms with E-state index in [-0.39, 0.29) is 29.0 Å². The quantitative estimate of drug-likeness (QED) is 0.228. The lowest BCUT2D eigenvalue weighted by molar-refractivity contribution is -0.129. The smallest absolute Gasteiger partial charge is 0.363 e. The van der Waals surface area contributed by atoms with E-state index in [1.807, 2.05) is 42.5 Å². The molecule has 174 valence electrons. The molecule has 0 saturated heterocycles. The van der Waals surface area contributed by atoms with Crippen LogP contribution >= 0.6 is 11.6 Å². The number of hydrogen-bond acceptors (Lipinski definition) is 5. The number of carbonyl (C=O) groups is 1. The molecule has 0 N–H and O–H groups in total. The first kappa shape index (κ1) is 22.6. The van der Waals surface area contributed by atoms with Crippen LogP contribution in [0.1, 0.15) is 16.7 Å². The zero-order valence-corrected chi connectivity index (χ0v) is 19.4. The van der Waals surface area contributed by atoms with Gasteiger partial charge in [0.1, 0.15) is 12.4 Å². The van der Waals surface area contributed by atoms with E-state index in [4.69, 9.17) is 25.8 Å². The highest BCUT2D eigenvalue weighted by atomic mass is 35.5. The van der Waals surface area contributed by atoms with Gasteiger partial charge < -0.3 is 14.2 Å². The van der Waals surface area contributed by atoms with Crippen molar-refractivity contribution in [2.45, 2.75) is 6.61 Å². The maximum absolute atomic E-state index is 13.4. The normalized spacial score (nSPS) is 14.2. The van der Waals surface area contributed by atoms with Crippen LogP contribution in [0.5, 0.6) is 11.5 Å². The second-order valence-corrected chi connectivity index (χ2v) is 8.26. The van der Waals surface area contributed by atoms with Gasteiger partial charge in [0.25, 0.3) is 0 Å². The summed E-state index contributed by atoms with van der Waals surface area (Å²) in [6.07, 6.45) is 1.57. The van der Waals surface area contributed by atoms with Gasteiger partial charge in [-0.2, -0.15) is 0 Å². The molecule has 35 heavy (non-hydrogen) atoms. The summed E-state index contributed by atoms with van der Waals surface area (Å²) >= 11 is 6.45. The third-order valence-corrected chi connectivity index (χ3v) is 5.73. The zero-order chi connectivity index (χ0) is 24.4. The number of methoxy groups -OCH3 is 1. The van der Waals surface area contributed by atoms with Crippen LogP contribution in [0.2, 0.25) is 5.02 Å². The molecule has 0 aliphatic carbocycles. The number of fused-ring (bicyclic) bond motifs is 1. The average Bonchev–Trinajstić information content (AvgIpc) is 3.22. The van der Waals surface area contributed by atoms with Crippen LogP contribution in [-0.2, 0) is 16.1 Å². The van der Waals surface area contributed by atoms with Crippen molar-refractivity contribution in [3.63, 3.8) is 0 Å². The Labute approximate surface area is 206 Å². The van der Waals surface area contributed by atoms with Crippen LogP contribution in [0, 0.1) is 5.82 Å². The molecule has 0 spiro atoms. The Balaban J connectivity index is 1.41. The van der Waals surface area contributed by atoms with E-state index in [0.717, 1.165) is 10.8 Å². The van der Waals surface area contributed by atoms with Gasteiger partial charge in [-0.1, -0.05) is 54.1 Å². The molecular formula is C28H19ClFNO4. The predicted octanol–water partition coefficient (Wildman–Crippen LogP) is 6.56. The highest BCUT2D eigenvalue weighted by Gasteiger charge is 2.25. The monoisotopic (exact) mass is 487 g/mol. The number of rotatable bonds is 6. The standard InChI is InChI=1S/C28H19ClFNO4/c1-33-25-14-18(12-23(29)26(25)34-16-17-5-4-8-22(30)11-17)13-24-28(32)35-27(31-24)21-10-9-19-6-2-3-7-20(19)15-21/h2-15H,16H2,1H3/b24-13-. The predicted molar refractivity (Wildman–Crippen MR) is 133 cm³/mol. The molecule has 1 aliphatic heterocycles. The van der Waals surface area contributed by atoms with Crippen molar-refractivity contribution in [3.8, 4) is 11.5 Å². The number of aliphatic imine (C=N–C) groups is 1. The Bertz CT molecular complexity index is 1510. The van der Waals surface area contributed by atoms with Gasteiger partial charge in [0, 0.05) is 5.56 Å². The Morgan fingerprint density at radius 1 is 1.00 bits per heavy atom. The summed E-state index contributed by atoms with van der Waals surface area (Å²) in [5.41, 5.74) is 2.08. The first-order valence-electron chi connectivity index (χ1n) is 10.8. The van der Waals surface area contributed by atoms with Crippen molar-refractivity contribution < 1.29 is 23.4 Å². The number of nitrogens with zero attached hydrogens (tertiary/aromatic N) is 1. The minimum absolute atomic E-state index is 0.111. The van der Waals surface area contributed by atoms with E-state index in [9.17, 15) is 9.18 Å². The number of esters is 1. The van der Waals surface area contributed by atoms with Gasteiger partial charge in [-0.25, -0.2) is 14.2 Å². The summed E-state index contributed by atoms with van der Waals surface area (Å²) < 4.78 is 30.1. The summed E-state index contributed by atoms with van der Waals surface area (Å²) in [6, 6.07) is 23.1. The van der Waals surface area contributed by atoms with Gasteiger partial charge in [-0.05, 0) is 64.4 Å². The van der Waals surface area contributed by atoms with E-state index in [1.54, 1.807) is 30.3 Å². The molecule has 1 heterocycles. The van der Waals surface area contributed by atoms with Gasteiger partial charge in [0.05, 0.1) is 12.1 Å². The molecule has 4 aromatic carbocycles. The summed E-state index contributed by atoms with van der Waals surface area (Å²) in [4.78, 5) is 16.9. The molecule has 5 rings (SSSR count). The molecule has 4 aromatic rings. The van der Waals surface area contributed by atoms with Gasteiger partial charge in [-0.15, -0.1) is 0 Å². The number of benzene rings is 4. The molecule has 0 amide bonds. The minimum atomic E-state index is -0.560. The fraction of sp³-hybridized carbons (Fsp3) is 0.0714. The van der Waals surface area contributed by atoms with Crippen molar-refractivity contribution in [2.24, 2.45) is 4.99 Å². The van der Waals surface area contributed by atoms with Gasteiger partial charge in [0.2, 0.25) is 5.90 Å². The fourth-order valence-corrected chi connectivity index (χ4v) is 4.03. The van der Waals surface area contributed by atoms with Crippen molar-refractivity contribution in [1.29, 1.82) is 0 Å². The Morgan fingerprint density at radius 2 is 1.83 bits per heavy atom. The second kappa shape index (κ2) is 9.60. The molecule has 5 nitrogen and oxygen atoms in total. The third kappa shape index (κ3) is 4.88. The molecule has 0 radical (unpaired) electrons. The first-order valence-corrected chi connectivity index (χ1v) is 11.1. The van der Waals surface area contributed by atoms with Crippen molar-refractivity contribution in [2.75, 3.05) is 7.11 Å². The zero-order valence-electron chi connectivity index (χ0n) is 18.6. The molecule has 0 unspecified atom stereocenters. The highest BCUT2D eigenvalue weighted by molar-refractivity contribution is 6.32. The van der Waals surface area contributed by atoms with Crippen molar-refractivity contribution in [3.05, 3.63) is 112 Å². The SMILES string of the molecule is COc1cc(/C=C2\N=C(c3ccc4ccccc4c3)OC2=O)cc(Cl)c1OCc1cccc(F)c1. The third-order valence-electron chi connectivity index (χ3n) is 5.44. The van der Waals surface area contributed by atoms with E-state index in [2.05, 4.69) is 4.99 Å². The molecule has 0 atom stereocenters. The van der Waals surface area contributed by atoms with E-state index >= 15 is 0 Å². The second-order valence-electron chi connectivity index (χ2n) is 7.85. The summed E-state index contributed by atoms with van der Waals surface area (Å²) in [7, 11) is 1.48. The minimum Gasteiger partial charge on any atom is -0.493 e. The topological polar surface area (TPSA) is 57.1 Å². The van der Waals surface area contributed by atoms with Crippen LogP contribution in [0.25, 0.3) is 16.8 Å². The van der Waals surface area contributed by atoms with Crippen LogP contribution in [0.15, 0.2) is 89.6 Å². The van der Waals surface area contributed by atoms with Gasteiger partial charge in [-0.3, -0.25) is 0 Å². The molecule has 0 aromatic heterocycles. The van der Waals surface area contributed by atoms with Crippen molar-refractivity contribution >= 4 is 40.3 Å². The molecule has 0 fully saturated rings. The molecule has 7 heteroatoms. The van der Waals surface area contributed by atoms with E-state index in [1.165, 1.54) is 19.2 Å². The highest BCUT2D eigenvalue weighted by Crippen LogP contribution is 2.38. The number of halogens is 2. The lowest BCUT2D eigenvalue weighted by atomic mass is 10.1.